The van der Waals surface area contributed by atoms with Crippen LogP contribution in [0.15, 0.2) is 12.4 Å². The zero-order valence-corrected chi connectivity index (χ0v) is 9.47. The zero-order chi connectivity index (χ0) is 12.1. The molecule has 6 heteroatoms. The summed E-state index contributed by atoms with van der Waals surface area (Å²) in [7, 11) is 1.30. The van der Waals surface area contributed by atoms with E-state index in [9.17, 15) is 9.59 Å². The van der Waals surface area contributed by atoms with E-state index in [-0.39, 0.29) is 0 Å². The number of carbonyl (C=O) groups excluding carboxylic acids is 2. The molecule has 0 aliphatic heterocycles. The lowest BCUT2D eigenvalue weighted by molar-refractivity contribution is -0.144. The second-order valence-electron chi connectivity index (χ2n) is 3.13. The van der Waals surface area contributed by atoms with Crippen LogP contribution in [0.3, 0.4) is 0 Å². The van der Waals surface area contributed by atoms with Gasteiger partial charge in [-0.15, -0.1) is 0 Å². The molecule has 0 amide bonds. The number of methoxy groups -OCH3 is 1. The molecule has 0 saturated heterocycles. The Balaban J connectivity index is 2.78. The molecule has 1 aromatic heterocycles. The van der Waals surface area contributed by atoms with Gasteiger partial charge in [-0.2, -0.15) is 5.10 Å². The van der Waals surface area contributed by atoms with Crippen LogP contribution in [-0.2, 0) is 14.3 Å². The summed E-state index contributed by atoms with van der Waals surface area (Å²) in [6.07, 6.45) is 2.82. The van der Waals surface area contributed by atoms with E-state index in [1.807, 2.05) is 0 Å². The van der Waals surface area contributed by atoms with Crippen molar-refractivity contribution >= 4 is 11.9 Å². The van der Waals surface area contributed by atoms with Crippen molar-refractivity contribution in [2.24, 2.45) is 0 Å². The molecular formula is C10H14N2O4. The first-order valence-corrected chi connectivity index (χ1v) is 4.89. The molecular weight excluding hydrogens is 212 g/mol. The van der Waals surface area contributed by atoms with E-state index in [0.717, 1.165) is 0 Å². The van der Waals surface area contributed by atoms with Gasteiger partial charge in [0.05, 0.1) is 25.5 Å². The van der Waals surface area contributed by atoms with Crippen molar-refractivity contribution in [2.45, 2.75) is 19.9 Å². The van der Waals surface area contributed by atoms with Crippen LogP contribution in [0.2, 0.25) is 0 Å². The van der Waals surface area contributed by atoms with Crippen molar-refractivity contribution in [3.63, 3.8) is 0 Å². The number of esters is 2. The molecule has 1 rings (SSSR count). The molecule has 0 unspecified atom stereocenters. The van der Waals surface area contributed by atoms with E-state index >= 15 is 0 Å². The van der Waals surface area contributed by atoms with Gasteiger partial charge in [0, 0.05) is 6.20 Å². The van der Waals surface area contributed by atoms with E-state index in [1.54, 1.807) is 13.8 Å². The summed E-state index contributed by atoms with van der Waals surface area (Å²) in [4.78, 5) is 22.5. The van der Waals surface area contributed by atoms with E-state index in [2.05, 4.69) is 9.84 Å². The van der Waals surface area contributed by atoms with Crippen LogP contribution >= 0.6 is 0 Å². The molecule has 1 heterocycles. The van der Waals surface area contributed by atoms with Gasteiger partial charge in [0.25, 0.3) is 0 Å². The highest BCUT2D eigenvalue weighted by molar-refractivity contribution is 5.88. The van der Waals surface area contributed by atoms with Crippen LogP contribution in [0.4, 0.5) is 0 Å². The van der Waals surface area contributed by atoms with Crippen molar-refractivity contribution in [1.82, 2.24) is 9.78 Å². The summed E-state index contributed by atoms with van der Waals surface area (Å²) < 4.78 is 10.7. The Bertz CT molecular complexity index is 386. The van der Waals surface area contributed by atoms with Crippen LogP contribution in [-0.4, -0.2) is 35.4 Å². The smallest absolute Gasteiger partial charge is 0.341 e. The molecule has 0 aliphatic rings. The number of rotatable bonds is 4. The van der Waals surface area contributed by atoms with Crippen molar-refractivity contribution in [2.75, 3.05) is 13.7 Å². The van der Waals surface area contributed by atoms with Gasteiger partial charge < -0.3 is 9.47 Å². The van der Waals surface area contributed by atoms with Crippen molar-refractivity contribution in [3.8, 4) is 0 Å². The second-order valence-corrected chi connectivity index (χ2v) is 3.13. The molecule has 6 nitrogen and oxygen atoms in total. The Hall–Kier alpha value is -1.85. The Morgan fingerprint density at radius 3 is 2.81 bits per heavy atom. The van der Waals surface area contributed by atoms with Crippen molar-refractivity contribution < 1.29 is 19.1 Å². The maximum absolute atomic E-state index is 11.3. The molecule has 16 heavy (non-hydrogen) atoms. The predicted octanol–water partition coefficient (Wildman–Crippen LogP) is 0.794. The standard InChI is InChI=1S/C10H14N2O4/c1-4-16-10(14)8-5-11-12(6-8)7(2)9(13)15-3/h5-7H,4H2,1-3H3/t7-/m1/s1. The maximum Gasteiger partial charge on any atom is 0.341 e. The molecule has 1 atom stereocenters. The zero-order valence-electron chi connectivity index (χ0n) is 9.47. The maximum atomic E-state index is 11.3. The normalized spacial score (nSPS) is 11.9. The Labute approximate surface area is 93.1 Å². The fourth-order valence-corrected chi connectivity index (χ4v) is 1.15. The van der Waals surface area contributed by atoms with Gasteiger partial charge in [0.15, 0.2) is 0 Å². The summed E-state index contributed by atoms with van der Waals surface area (Å²) in [6, 6.07) is -0.562. The van der Waals surface area contributed by atoms with Gasteiger partial charge in [-0.05, 0) is 13.8 Å². The molecule has 0 spiro atoms. The lowest BCUT2D eigenvalue weighted by Gasteiger charge is -2.08. The molecule has 0 radical (unpaired) electrons. The number of ether oxygens (including phenoxy) is 2. The van der Waals surface area contributed by atoms with Crippen LogP contribution in [0.25, 0.3) is 0 Å². The van der Waals surface area contributed by atoms with Gasteiger partial charge in [-0.1, -0.05) is 0 Å². The summed E-state index contributed by atoms with van der Waals surface area (Å²) in [6.45, 7) is 3.66. The number of hydrogen-bond acceptors (Lipinski definition) is 5. The quantitative estimate of drug-likeness (QED) is 0.710. The first-order chi connectivity index (χ1) is 7.60. The van der Waals surface area contributed by atoms with E-state index in [1.165, 1.54) is 24.2 Å². The number of nitrogens with zero attached hydrogens (tertiary/aromatic N) is 2. The summed E-state index contributed by atoms with van der Waals surface area (Å²) >= 11 is 0. The van der Waals surface area contributed by atoms with Crippen molar-refractivity contribution in [1.29, 1.82) is 0 Å². The topological polar surface area (TPSA) is 70.4 Å². The molecule has 0 fully saturated rings. The molecule has 0 N–H and O–H groups in total. The fraction of sp³-hybridized carbons (Fsp3) is 0.500. The Morgan fingerprint density at radius 1 is 1.56 bits per heavy atom. The van der Waals surface area contributed by atoms with Gasteiger partial charge in [0.2, 0.25) is 0 Å². The third-order valence-electron chi connectivity index (χ3n) is 2.05. The molecule has 0 saturated carbocycles. The third-order valence-corrected chi connectivity index (χ3v) is 2.05. The van der Waals surface area contributed by atoms with Crippen LogP contribution < -0.4 is 0 Å². The summed E-state index contributed by atoms with van der Waals surface area (Å²) in [5.41, 5.74) is 0.317. The van der Waals surface area contributed by atoms with Gasteiger partial charge in [-0.25, -0.2) is 9.59 Å². The predicted molar refractivity (Wildman–Crippen MR) is 54.9 cm³/mol. The monoisotopic (exact) mass is 226 g/mol. The second kappa shape index (κ2) is 5.29. The summed E-state index contributed by atoms with van der Waals surface area (Å²) in [5.74, 6) is -0.871. The average molecular weight is 226 g/mol. The SMILES string of the molecule is CCOC(=O)c1cnn([C@H](C)C(=O)OC)c1. The number of aromatic nitrogens is 2. The highest BCUT2D eigenvalue weighted by Crippen LogP contribution is 2.09. The number of carbonyl (C=O) groups is 2. The third kappa shape index (κ3) is 2.59. The van der Waals surface area contributed by atoms with Crippen molar-refractivity contribution in [3.05, 3.63) is 18.0 Å². The van der Waals surface area contributed by atoms with E-state index in [0.29, 0.717) is 12.2 Å². The van der Waals surface area contributed by atoms with Crippen LogP contribution in [0.5, 0.6) is 0 Å². The molecule has 88 valence electrons. The van der Waals surface area contributed by atoms with E-state index in [4.69, 9.17) is 4.74 Å². The van der Waals surface area contributed by atoms with Gasteiger partial charge in [0.1, 0.15) is 6.04 Å². The lowest BCUT2D eigenvalue weighted by atomic mass is 10.3. The molecule has 0 aromatic carbocycles. The fourth-order valence-electron chi connectivity index (χ4n) is 1.15. The Kier molecular flexibility index (Phi) is 4.04. The number of hydrogen-bond donors (Lipinski definition) is 0. The largest absolute Gasteiger partial charge is 0.467 e. The first-order valence-electron chi connectivity index (χ1n) is 4.89. The minimum atomic E-state index is -0.562. The first kappa shape index (κ1) is 12.2. The van der Waals surface area contributed by atoms with Crippen LogP contribution in [0, 0.1) is 0 Å². The van der Waals surface area contributed by atoms with Gasteiger partial charge >= 0.3 is 11.9 Å². The highest BCUT2D eigenvalue weighted by atomic mass is 16.5. The summed E-state index contributed by atoms with van der Waals surface area (Å²) in [5, 5.41) is 3.90. The molecule has 0 bridgehead atoms. The molecule has 1 aromatic rings. The Morgan fingerprint density at radius 2 is 2.25 bits per heavy atom. The minimum Gasteiger partial charge on any atom is -0.467 e. The molecule has 0 aliphatic carbocycles. The van der Waals surface area contributed by atoms with Crippen LogP contribution in [0.1, 0.15) is 30.2 Å². The lowest BCUT2D eigenvalue weighted by Crippen LogP contribution is -2.18. The van der Waals surface area contributed by atoms with E-state index < -0.39 is 18.0 Å². The highest BCUT2D eigenvalue weighted by Gasteiger charge is 2.18. The average Bonchev–Trinajstić information content (AvgIpc) is 2.76. The minimum absolute atomic E-state index is 0.302. The van der Waals surface area contributed by atoms with Gasteiger partial charge in [-0.3, -0.25) is 4.68 Å².